The van der Waals surface area contributed by atoms with E-state index < -0.39 is 0 Å². The van der Waals surface area contributed by atoms with E-state index in [1.807, 2.05) is 49.7 Å². The molecule has 0 unspecified atom stereocenters. The van der Waals surface area contributed by atoms with Gasteiger partial charge in [0.1, 0.15) is 5.82 Å². The van der Waals surface area contributed by atoms with Crippen molar-refractivity contribution in [3.8, 4) is 0 Å². The summed E-state index contributed by atoms with van der Waals surface area (Å²) in [6.07, 6.45) is 7.81. The zero-order chi connectivity index (χ0) is 14.2. The molecule has 0 radical (unpaired) electrons. The van der Waals surface area contributed by atoms with Crippen LogP contribution in [-0.2, 0) is 13.0 Å². The lowest BCUT2D eigenvalue weighted by Gasteiger charge is -2.11. The minimum absolute atomic E-state index is 0.903. The summed E-state index contributed by atoms with van der Waals surface area (Å²) in [6.45, 7) is 1.91. The molecule has 0 atom stereocenters. The monoisotopic (exact) mass is 270 g/mol. The smallest absolute Gasteiger partial charge is 0.127 e. The Kier molecular flexibility index (Phi) is 5.50. The van der Waals surface area contributed by atoms with Crippen LogP contribution in [0.3, 0.4) is 0 Å². The van der Waals surface area contributed by atoms with Crippen LogP contribution in [0.25, 0.3) is 0 Å². The highest BCUT2D eigenvalue weighted by Gasteiger charge is 1.98. The topological polar surface area (TPSA) is 41.0 Å². The normalized spacial score (nSPS) is 10.5. The number of hydrogen-bond donors (Lipinski definition) is 1. The first-order valence-electron chi connectivity index (χ1n) is 6.97. The van der Waals surface area contributed by atoms with Crippen LogP contribution in [-0.4, -0.2) is 30.6 Å². The van der Waals surface area contributed by atoms with Crippen LogP contribution in [0, 0.1) is 0 Å². The van der Waals surface area contributed by atoms with Gasteiger partial charge in [0.25, 0.3) is 0 Å². The van der Waals surface area contributed by atoms with Crippen LogP contribution in [0.2, 0.25) is 0 Å². The fourth-order valence-electron chi connectivity index (χ4n) is 1.98. The second-order valence-corrected chi connectivity index (χ2v) is 5.05. The molecule has 0 aliphatic carbocycles. The Morgan fingerprint density at radius 1 is 1.05 bits per heavy atom. The van der Waals surface area contributed by atoms with Gasteiger partial charge in [0.15, 0.2) is 0 Å². The Morgan fingerprint density at radius 3 is 2.50 bits per heavy atom. The number of nitrogens with zero attached hydrogens (tertiary/aromatic N) is 3. The molecule has 0 saturated carbocycles. The molecule has 0 bridgehead atoms. The van der Waals surface area contributed by atoms with E-state index in [4.69, 9.17) is 0 Å². The van der Waals surface area contributed by atoms with Gasteiger partial charge < -0.3 is 10.2 Å². The molecule has 2 aromatic rings. The second-order valence-electron chi connectivity index (χ2n) is 5.05. The average molecular weight is 270 g/mol. The van der Waals surface area contributed by atoms with Gasteiger partial charge in [-0.2, -0.15) is 0 Å². The maximum absolute atomic E-state index is 4.42. The molecule has 4 nitrogen and oxygen atoms in total. The van der Waals surface area contributed by atoms with Gasteiger partial charge in [0.2, 0.25) is 0 Å². The summed E-state index contributed by atoms with van der Waals surface area (Å²) >= 11 is 0. The summed E-state index contributed by atoms with van der Waals surface area (Å²) in [5, 5.41) is 3.45. The molecular weight excluding hydrogens is 248 g/mol. The lowest BCUT2D eigenvalue weighted by molar-refractivity contribution is 0.648. The van der Waals surface area contributed by atoms with Gasteiger partial charge in [0, 0.05) is 39.2 Å². The maximum atomic E-state index is 4.42. The molecule has 0 spiro atoms. The van der Waals surface area contributed by atoms with E-state index in [-0.39, 0.29) is 0 Å². The lowest BCUT2D eigenvalue weighted by Crippen LogP contribution is -2.15. The third-order valence-electron chi connectivity index (χ3n) is 3.16. The summed E-state index contributed by atoms with van der Waals surface area (Å²) in [5.74, 6) is 1.00. The van der Waals surface area contributed by atoms with Gasteiger partial charge in [-0.15, -0.1) is 0 Å². The number of aromatic nitrogens is 2. The van der Waals surface area contributed by atoms with Crippen molar-refractivity contribution >= 4 is 5.82 Å². The Hall–Kier alpha value is -1.94. The molecule has 2 heterocycles. The standard InChI is InChI=1S/C16H22N4/c1-20(2)16-6-5-14(13-19-16)4-3-9-18-12-15-7-10-17-11-8-15/h5-8,10-11,13,18H,3-4,9,12H2,1-2H3. The maximum Gasteiger partial charge on any atom is 0.127 e. The molecule has 1 N–H and O–H groups in total. The zero-order valence-electron chi connectivity index (χ0n) is 12.2. The minimum Gasteiger partial charge on any atom is -0.363 e. The molecule has 0 fully saturated rings. The molecule has 2 aromatic heterocycles. The van der Waals surface area contributed by atoms with E-state index in [1.165, 1.54) is 11.1 Å². The fourth-order valence-corrected chi connectivity index (χ4v) is 1.98. The number of anilines is 1. The zero-order valence-corrected chi connectivity index (χ0v) is 12.2. The van der Waals surface area contributed by atoms with Gasteiger partial charge in [-0.25, -0.2) is 4.98 Å². The highest BCUT2D eigenvalue weighted by atomic mass is 15.1. The number of nitrogens with one attached hydrogen (secondary N) is 1. The SMILES string of the molecule is CN(C)c1ccc(CCCNCc2ccncc2)cn1. The van der Waals surface area contributed by atoms with Crippen molar-refractivity contribution < 1.29 is 0 Å². The molecule has 2 rings (SSSR count). The first-order chi connectivity index (χ1) is 9.75. The van der Waals surface area contributed by atoms with Crippen LogP contribution in [0.5, 0.6) is 0 Å². The van der Waals surface area contributed by atoms with Gasteiger partial charge in [-0.1, -0.05) is 6.07 Å². The second kappa shape index (κ2) is 7.60. The van der Waals surface area contributed by atoms with Crippen molar-refractivity contribution in [2.75, 3.05) is 25.5 Å². The van der Waals surface area contributed by atoms with Crippen LogP contribution >= 0.6 is 0 Å². The number of aryl methyl sites for hydroxylation is 1. The van der Waals surface area contributed by atoms with Crippen molar-refractivity contribution in [3.63, 3.8) is 0 Å². The quantitative estimate of drug-likeness (QED) is 0.784. The van der Waals surface area contributed by atoms with Crippen LogP contribution in [0.1, 0.15) is 17.5 Å². The van der Waals surface area contributed by atoms with E-state index in [2.05, 4.69) is 27.4 Å². The lowest BCUT2D eigenvalue weighted by atomic mass is 10.1. The predicted molar refractivity (Wildman–Crippen MR) is 82.8 cm³/mol. The predicted octanol–water partition coefficient (Wildman–Crippen LogP) is 2.26. The van der Waals surface area contributed by atoms with E-state index in [0.29, 0.717) is 0 Å². The summed E-state index contributed by atoms with van der Waals surface area (Å²) in [4.78, 5) is 10.4. The van der Waals surface area contributed by atoms with Gasteiger partial charge in [0.05, 0.1) is 0 Å². The summed E-state index contributed by atoms with van der Waals surface area (Å²) in [6, 6.07) is 8.30. The van der Waals surface area contributed by atoms with Crippen LogP contribution in [0.4, 0.5) is 5.82 Å². The molecule has 20 heavy (non-hydrogen) atoms. The summed E-state index contributed by atoms with van der Waals surface area (Å²) < 4.78 is 0. The first kappa shape index (κ1) is 14.5. The van der Waals surface area contributed by atoms with Crippen molar-refractivity contribution in [3.05, 3.63) is 54.0 Å². The molecule has 0 aromatic carbocycles. The van der Waals surface area contributed by atoms with Crippen molar-refractivity contribution in [1.29, 1.82) is 0 Å². The first-order valence-corrected chi connectivity index (χ1v) is 6.97. The van der Waals surface area contributed by atoms with Crippen molar-refractivity contribution in [2.45, 2.75) is 19.4 Å². The van der Waals surface area contributed by atoms with Crippen LogP contribution < -0.4 is 10.2 Å². The van der Waals surface area contributed by atoms with E-state index in [1.54, 1.807) is 0 Å². The van der Waals surface area contributed by atoms with Crippen LogP contribution in [0.15, 0.2) is 42.9 Å². The third kappa shape index (κ3) is 4.63. The summed E-state index contributed by atoms with van der Waals surface area (Å²) in [5.41, 5.74) is 2.57. The molecule has 0 aliphatic rings. The summed E-state index contributed by atoms with van der Waals surface area (Å²) in [7, 11) is 4.01. The van der Waals surface area contributed by atoms with E-state index in [0.717, 1.165) is 31.7 Å². The Labute approximate surface area is 120 Å². The molecule has 4 heteroatoms. The molecule has 0 aliphatic heterocycles. The largest absolute Gasteiger partial charge is 0.363 e. The number of pyridine rings is 2. The third-order valence-corrected chi connectivity index (χ3v) is 3.16. The Bertz CT molecular complexity index is 494. The molecule has 106 valence electrons. The molecular formula is C16H22N4. The van der Waals surface area contributed by atoms with E-state index in [9.17, 15) is 0 Å². The van der Waals surface area contributed by atoms with Crippen molar-refractivity contribution in [2.24, 2.45) is 0 Å². The minimum atomic E-state index is 0.903. The highest BCUT2D eigenvalue weighted by molar-refractivity contribution is 5.37. The molecule has 0 saturated heterocycles. The Morgan fingerprint density at radius 2 is 1.85 bits per heavy atom. The van der Waals surface area contributed by atoms with Gasteiger partial charge in [-0.3, -0.25) is 4.98 Å². The van der Waals surface area contributed by atoms with E-state index >= 15 is 0 Å². The molecule has 0 amide bonds. The Balaban J connectivity index is 1.66. The highest BCUT2D eigenvalue weighted by Crippen LogP contribution is 2.09. The van der Waals surface area contributed by atoms with Gasteiger partial charge >= 0.3 is 0 Å². The van der Waals surface area contributed by atoms with Crippen molar-refractivity contribution in [1.82, 2.24) is 15.3 Å². The number of rotatable bonds is 7. The fraction of sp³-hybridized carbons (Fsp3) is 0.375. The number of hydrogen-bond acceptors (Lipinski definition) is 4. The van der Waals surface area contributed by atoms with Gasteiger partial charge in [-0.05, 0) is 48.7 Å². The average Bonchev–Trinajstić information content (AvgIpc) is 2.48.